The van der Waals surface area contributed by atoms with Crippen LogP contribution >= 0.6 is 34.3 Å². The Morgan fingerprint density at radius 1 is 1.29 bits per heavy atom. The lowest BCUT2D eigenvalue weighted by molar-refractivity contribution is -0.117. The van der Waals surface area contributed by atoms with E-state index in [1.165, 1.54) is 11.3 Å². The molecule has 0 spiro atoms. The third-order valence-electron chi connectivity index (χ3n) is 4.85. The van der Waals surface area contributed by atoms with Gasteiger partial charge in [-0.25, -0.2) is 4.98 Å². The van der Waals surface area contributed by atoms with E-state index in [4.69, 9.17) is 22.3 Å². The molecule has 0 radical (unpaired) electrons. The molecular weight excluding hydrogens is 416 g/mol. The Hall–Kier alpha value is -2.00. The van der Waals surface area contributed by atoms with E-state index in [2.05, 4.69) is 10.2 Å². The molecule has 0 atom stereocenters. The van der Waals surface area contributed by atoms with Crippen LogP contribution in [0.3, 0.4) is 0 Å². The number of primary amides is 1. The largest absolute Gasteiger partial charge is 0.366 e. The van der Waals surface area contributed by atoms with Gasteiger partial charge in [-0.05, 0) is 55.6 Å². The summed E-state index contributed by atoms with van der Waals surface area (Å²) in [7, 11) is 0. The molecule has 1 saturated heterocycles. The van der Waals surface area contributed by atoms with E-state index >= 15 is 0 Å². The number of likely N-dealkylation sites (tertiary alicyclic amines) is 1. The van der Waals surface area contributed by atoms with E-state index in [-0.39, 0.29) is 5.91 Å². The van der Waals surface area contributed by atoms with E-state index in [0.717, 1.165) is 41.2 Å². The Morgan fingerprint density at radius 3 is 2.82 bits per heavy atom. The molecule has 1 aliphatic rings. The molecule has 0 unspecified atom stereocenters. The van der Waals surface area contributed by atoms with Gasteiger partial charge in [0.15, 0.2) is 0 Å². The van der Waals surface area contributed by atoms with E-state index in [0.29, 0.717) is 28.0 Å². The van der Waals surface area contributed by atoms with Crippen molar-refractivity contribution in [2.75, 3.05) is 25.0 Å². The van der Waals surface area contributed by atoms with Gasteiger partial charge in [0.1, 0.15) is 5.00 Å². The Bertz CT molecular complexity index is 1020. The van der Waals surface area contributed by atoms with E-state index in [9.17, 15) is 9.59 Å². The third kappa shape index (κ3) is 4.20. The summed E-state index contributed by atoms with van der Waals surface area (Å²) in [6.07, 6.45) is 1.93. The first-order valence-corrected chi connectivity index (χ1v) is 11.0. The first-order valence-electron chi connectivity index (χ1n) is 8.95. The fourth-order valence-corrected chi connectivity index (χ4v) is 5.49. The lowest BCUT2D eigenvalue weighted by Crippen LogP contribution is -2.38. The van der Waals surface area contributed by atoms with Crippen molar-refractivity contribution in [3.05, 3.63) is 45.2 Å². The van der Waals surface area contributed by atoms with Crippen molar-refractivity contribution >= 4 is 61.3 Å². The van der Waals surface area contributed by atoms with Crippen molar-refractivity contribution in [2.45, 2.75) is 18.8 Å². The maximum absolute atomic E-state index is 12.3. The monoisotopic (exact) mass is 434 g/mol. The second kappa shape index (κ2) is 8.16. The van der Waals surface area contributed by atoms with Crippen LogP contribution < -0.4 is 11.1 Å². The van der Waals surface area contributed by atoms with Gasteiger partial charge in [-0.3, -0.25) is 14.5 Å². The number of nitrogens with one attached hydrogen (secondary N) is 1. The smallest absolute Gasteiger partial charge is 0.251 e. The van der Waals surface area contributed by atoms with Gasteiger partial charge in [0, 0.05) is 10.9 Å². The first-order chi connectivity index (χ1) is 13.5. The number of nitrogens with two attached hydrogens (primary N) is 1. The summed E-state index contributed by atoms with van der Waals surface area (Å²) < 4.78 is 1.16. The number of hydrogen-bond acceptors (Lipinski definition) is 6. The van der Waals surface area contributed by atoms with Gasteiger partial charge >= 0.3 is 0 Å². The van der Waals surface area contributed by atoms with Crippen molar-refractivity contribution in [1.29, 1.82) is 0 Å². The average Bonchev–Trinajstić information content (AvgIpc) is 3.28. The maximum Gasteiger partial charge on any atom is 0.251 e. The highest BCUT2D eigenvalue weighted by molar-refractivity contribution is 7.18. The Balaban J connectivity index is 1.32. The number of nitrogens with zero attached hydrogens (tertiary/aromatic N) is 2. The molecule has 3 heterocycles. The number of benzene rings is 1. The fourth-order valence-electron chi connectivity index (χ4n) is 3.40. The highest BCUT2D eigenvalue weighted by Gasteiger charge is 2.25. The number of amides is 2. The molecule has 0 bridgehead atoms. The lowest BCUT2D eigenvalue weighted by atomic mass is 9.97. The maximum atomic E-state index is 12.3. The molecular formula is C19H19ClN4O2S2. The number of thiophene rings is 1. The van der Waals surface area contributed by atoms with Crippen LogP contribution in [0, 0.1) is 0 Å². The number of rotatable bonds is 5. The number of piperidine rings is 1. The van der Waals surface area contributed by atoms with Crippen LogP contribution in [0.5, 0.6) is 0 Å². The van der Waals surface area contributed by atoms with Crippen LogP contribution in [0.25, 0.3) is 10.2 Å². The minimum absolute atomic E-state index is 0.127. The molecule has 4 rings (SSSR count). The number of hydrogen-bond donors (Lipinski definition) is 2. The highest BCUT2D eigenvalue weighted by Crippen LogP contribution is 2.34. The normalized spacial score (nSPS) is 15.8. The zero-order chi connectivity index (χ0) is 19.7. The third-order valence-corrected chi connectivity index (χ3v) is 7.12. The van der Waals surface area contributed by atoms with Crippen LogP contribution in [0.4, 0.5) is 5.00 Å². The lowest BCUT2D eigenvalue weighted by Gasteiger charge is -2.30. The van der Waals surface area contributed by atoms with Crippen LogP contribution in [-0.2, 0) is 4.79 Å². The van der Waals surface area contributed by atoms with Crippen LogP contribution in [-0.4, -0.2) is 41.3 Å². The van der Waals surface area contributed by atoms with Crippen LogP contribution in [0.15, 0.2) is 29.6 Å². The zero-order valence-corrected chi connectivity index (χ0v) is 17.4. The summed E-state index contributed by atoms with van der Waals surface area (Å²) >= 11 is 9.08. The van der Waals surface area contributed by atoms with Crippen molar-refractivity contribution in [2.24, 2.45) is 5.73 Å². The molecule has 1 aromatic carbocycles. The summed E-state index contributed by atoms with van der Waals surface area (Å²) in [5.41, 5.74) is 6.63. The molecule has 146 valence electrons. The van der Waals surface area contributed by atoms with Crippen molar-refractivity contribution in [1.82, 2.24) is 9.88 Å². The molecule has 0 aliphatic carbocycles. The van der Waals surface area contributed by atoms with Gasteiger partial charge in [-0.15, -0.1) is 22.7 Å². The van der Waals surface area contributed by atoms with Crippen molar-refractivity contribution in [3.63, 3.8) is 0 Å². The molecule has 2 aromatic heterocycles. The Kier molecular flexibility index (Phi) is 5.63. The predicted molar refractivity (Wildman–Crippen MR) is 115 cm³/mol. The van der Waals surface area contributed by atoms with Gasteiger partial charge in [-0.1, -0.05) is 11.6 Å². The second-order valence-corrected chi connectivity index (χ2v) is 9.21. The van der Waals surface area contributed by atoms with E-state index < -0.39 is 5.91 Å². The van der Waals surface area contributed by atoms with E-state index in [1.54, 1.807) is 22.8 Å². The molecule has 1 aliphatic heterocycles. The van der Waals surface area contributed by atoms with E-state index in [1.807, 2.05) is 18.2 Å². The van der Waals surface area contributed by atoms with Gasteiger partial charge in [0.05, 0.1) is 27.3 Å². The zero-order valence-electron chi connectivity index (χ0n) is 15.0. The molecule has 6 nitrogen and oxygen atoms in total. The minimum atomic E-state index is -0.533. The second-order valence-electron chi connectivity index (χ2n) is 6.79. The average molecular weight is 435 g/mol. The molecule has 2 amide bonds. The van der Waals surface area contributed by atoms with Crippen LogP contribution in [0.1, 0.15) is 34.1 Å². The molecule has 3 N–H and O–H groups in total. The van der Waals surface area contributed by atoms with Crippen molar-refractivity contribution in [3.8, 4) is 0 Å². The number of halogens is 1. The number of anilines is 1. The molecule has 0 saturated carbocycles. The van der Waals surface area contributed by atoms with Crippen LogP contribution in [0.2, 0.25) is 5.02 Å². The summed E-state index contributed by atoms with van der Waals surface area (Å²) in [4.78, 5) is 30.6. The van der Waals surface area contributed by atoms with Gasteiger partial charge in [0.25, 0.3) is 5.91 Å². The summed E-state index contributed by atoms with van der Waals surface area (Å²) in [6.45, 7) is 1.97. The van der Waals surface area contributed by atoms with Gasteiger partial charge < -0.3 is 11.1 Å². The molecule has 9 heteroatoms. The standard InChI is InChI=1S/C19H19ClN4O2S2/c20-12-1-2-15-14(9-12)22-18(28-15)11-3-6-24(7-4-11)10-16(25)23-19-13(17(21)26)5-8-27-19/h1-2,5,8-9,11H,3-4,6-7,10H2,(H2,21,26)(H,23,25). The predicted octanol–water partition coefficient (Wildman–Crippen LogP) is 3.93. The number of aromatic nitrogens is 1. The first kappa shape index (κ1) is 19.3. The number of fused-ring (bicyclic) bond motifs is 1. The summed E-state index contributed by atoms with van der Waals surface area (Å²) in [5, 5.41) is 6.90. The number of carbonyl (C=O) groups excluding carboxylic acids is 2. The van der Waals surface area contributed by atoms with Gasteiger partial charge in [-0.2, -0.15) is 0 Å². The highest BCUT2D eigenvalue weighted by atomic mass is 35.5. The quantitative estimate of drug-likeness (QED) is 0.636. The fraction of sp³-hybridized carbons (Fsp3) is 0.316. The van der Waals surface area contributed by atoms with Crippen molar-refractivity contribution < 1.29 is 9.59 Å². The summed E-state index contributed by atoms with van der Waals surface area (Å²) in [6, 6.07) is 7.44. The number of carbonyl (C=O) groups is 2. The Labute approximate surface area is 175 Å². The SMILES string of the molecule is NC(=O)c1ccsc1NC(=O)CN1CCC(c2nc3cc(Cl)ccc3s2)CC1. The molecule has 1 fully saturated rings. The molecule has 28 heavy (non-hydrogen) atoms. The topological polar surface area (TPSA) is 88.3 Å². The number of thiazole rings is 1. The minimum Gasteiger partial charge on any atom is -0.366 e. The van der Waals surface area contributed by atoms with Gasteiger partial charge in [0.2, 0.25) is 5.91 Å². The Morgan fingerprint density at radius 2 is 2.07 bits per heavy atom. The molecule has 3 aromatic rings. The summed E-state index contributed by atoms with van der Waals surface area (Å²) in [5.74, 6) is -0.248.